The summed E-state index contributed by atoms with van der Waals surface area (Å²) in [6.45, 7) is 4.57. The maximum absolute atomic E-state index is 13.5. The summed E-state index contributed by atoms with van der Waals surface area (Å²) in [7, 11) is 0. The average molecular weight is 223 g/mol. The van der Waals surface area contributed by atoms with Gasteiger partial charge >= 0.3 is 0 Å². The van der Waals surface area contributed by atoms with Crippen LogP contribution in [0, 0.1) is 5.82 Å². The lowest BCUT2D eigenvalue weighted by molar-refractivity contribution is 0.318. The first-order valence-corrected chi connectivity index (χ1v) is 4.77. The summed E-state index contributed by atoms with van der Waals surface area (Å²) in [6, 6.07) is 4.43. The minimum atomic E-state index is -0.388. The van der Waals surface area contributed by atoms with Gasteiger partial charge in [-0.3, -0.25) is 0 Å². The molecule has 0 amide bonds. The van der Waals surface area contributed by atoms with Crippen molar-refractivity contribution < 1.29 is 9.60 Å². The van der Waals surface area contributed by atoms with Crippen molar-refractivity contribution in [3.8, 4) is 0 Å². The molecule has 0 fully saturated rings. The van der Waals surface area contributed by atoms with Gasteiger partial charge in [0.2, 0.25) is 0 Å². The van der Waals surface area contributed by atoms with Gasteiger partial charge in [0.25, 0.3) is 0 Å². The van der Waals surface area contributed by atoms with Gasteiger partial charge in [0.05, 0.1) is 0 Å². The lowest BCUT2D eigenvalue weighted by atomic mass is 10.1. The van der Waals surface area contributed by atoms with E-state index < -0.39 is 0 Å². The van der Waals surface area contributed by atoms with Gasteiger partial charge in [0, 0.05) is 24.2 Å². The molecule has 4 nitrogen and oxygen atoms in total. The third kappa shape index (κ3) is 3.06. The first-order valence-electron chi connectivity index (χ1n) is 4.77. The van der Waals surface area contributed by atoms with Crippen LogP contribution in [0.2, 0.25) is 0 Å². The van der Waals surface area contributed by atoms with Crippen LogP contribution in [0.5, 0.6) is 0 Å². The highest BCUT2D eigenvalue weighted by Gasteiger charge is 2.05. The molecular formula is C11H14FN3O. The lowest BCUT2D eigenvalue weighted by Gasteiger charge is -2.05. The number of nitrogens with one attached hydrogen (secondary N) is 1. The molecule has 16 heavy (non-hydrogen) atoms. The molecule has 1 aromatic carbocycles. The van der Waals surface area contributed by atoms with E-state index in [4.69, 9.17) is 10.9 Å². The Hall–Kier alpha value is -1.88. The van der Waals surface area contributed by atoms with Crippen LogP contribution in [0.25, 0.3) is 0 Å². The van der Waals surface area contributed by atoms with Crippen molar-refractivity contribution in [3.63, 3.8) is 0 Å². The Kier molecular flexibility index (Phi) is 4.47. The molecule has 1 rings (SSSR count). The Morgan fingerprint density at radius 2 is 2.38 bits per heavy atom. The molecule has 1 aromatic rings. The molecule has 0 atom stereocenters. The third-order valence-electron chi connectivity index (χ3n) is 2.06. The van der Waals surface area contributed by atoms with Gasteiger partial charge in [-0.05, 0) is 6.07 Å². The van der Waals surface area contributed by atoms with Crippen LogP contribution < -0.4 is 11.1 Å². The van der Waals surface area contributed by atoms with Gasteiger partial charge in [-0.2, -0.15) is 0 Å². The normalized spacial score (nSPS) is 11.4. The Balaban J connectivity index is 2.79. The molecule has 0 aliphatic carbocycles. The molecular weight excluding hydrogens is 209 g/mol. The van der Waals surface area contributed by atoms with Gasteiger partial charge in [-0.1, -0.05) is 23.4 Å². The van der Waals surface area contributed by atoms with Crippen molar-refractivity contribution in [1.29, 1.82) is 0 Å². The molecule has 0 aromatic heterocycles. The number of halogens is 1. The van der Waals surface area contributed by atoms with E-state index in [0.717, 1.165) is 0 Å². The highest BCUT2D eigenvalue weighted by Crippen LogP contribution is 2.10. The van der Waals surface area contributed by atoms with E-state index in [9.17, 15) is 4.39 Å². The van der Waals surface area contributed by atoms with E-state index in [2.05, 4.69) is 17.1 Å². The molecule has 0 radical (unpaired) electrons. The molecule has 0 spiro atoms. The Morgan fingerprint density at radius 3 is 2.94 bits per heavy atom. The summed E-state index contributed by atoms with van der Waals surface area (Å²) in [5.74, 6) is -0.495. The fraction of sp³-hybridized carbons (Fsp3) is 0.182. The minimum absolute atomic E-state index is 0.107. The van der Waals surface area contributed by atoms with Crippen LogP contribution in [0.15, 0.2) is 36.0 Å². The standard InChI is InChI=1S/C11H14FN3O/c1-2-5-14-7-9-4-3-8(6-10(9)12)11(13)15-16/h2-4,6,14,16H,1,5,7H2,(H2,13,15). The number of amidine groups is 1. The van der Waals surface area contributed by atoms with Crippen LogP contribution in [0.1, 0.15) is 11.1 Å². The molecule has 0 aliphatic rings. The highest BCUT2D eigenvalue weighted by atomic mass is 19.1. The van der Waals surface area contributed by atoms with E-state index in [1.807, 2.05) is 0 Å². The zero-order chi connectivity index (χ0) is 12.0. The zero-order valence-electron chi connectivity index (χ0n) is 8.78. The zero-order valence-corrected chi connectivity index (χ0v) is 8.78. The molecule has 0 aliphatic heterocycles. The number of hydrogen-bond acceptors (Lipinski definition) is 3. The fourth-order valence-electron chi connectivity index (χ4n) is 1.22. The molecule has 0 saturated carbocycles. The number of rotatable bonds is 5. The van der Waals surface area contributed by atoms with Gasteiger partial charge in [-0.15, -0.1) is 6.58 Å². The largest absolute Gasteiger partial charge is 0.409 e. The van der Waals surface area contributed by atoms with E-state index in [1.165, 1.54) is 6.07 Å². The molecule has 0 saturated heterocycles. The summed E-state index contributed by atoms with van der Waals surface area (Å²) in [4.78, 5) is 0. The van der Waals surface area contributed by atoms with E-state index in [0.29, 0.717) is 24.2 Å². The van der Waals surface area contributed by atoms with Crippen LogP contribution in [0.4, 0.5) is 4.39 Å². The van der Waals surface area contributed by atoms with Crippen LogP contribution >= 0.6 is 0 Å². The molecule has 0 unspecified atom stereocenters. The van der Waals surface area contributed by atoms with E-state index in [-0.39, 0.29) is 11.7 Å². The van der Waals surface area contributed by atoms with E-state index >= 15 is 0 Å². The quantitative estimate of drug-likeness (QED) is 0.175. The second-order valence-corrected chi connectivity index (χ2v) is 3.21. The number of oxime groups is 1. The summed E-state index contributed by atoms with van der Waals surface area (Å²) in [6.07, 6.45) is 1.70. The predicted octanol–water partition coefficient (Wildman–Crippen LogP) is 1.20. The molecule has 0 bridgehead atoms. The predicted molar refractivity (Wildman–Crippen MR) is 60.8 cm³/mol. The first-order chi connectivity index (χ1) is 7.69. The van der Waals surface area contributed by atoms with Crippen molar-refractivity contribution >= 4 is 5.84 Å². The second kappa shape index (κ2) is 5.87. The number of nitrogens with zero attached hydrogens (tertiary/aromatic N) is 1. The summed E-state index contributed by atoms with van der Waals surface area (Å²) in [5.41, 5.74) is 6.22. The SMILES string of the molecule is C=CCNCc1ccc(C(N)=NO)cc1F. The summed E-state index contributed by atoms with van der Waals surface area (Å²) in [5, 5.41) is 14.2. The van der Waals surface area contributed by atoms with Crippen LogP contribution in [-0.2, 0) is 6.54 Å². The van der Waals surface area contributed by atoms with Gasteiger partial charge in [-0.25, -0.2) is 4.39 Å². The smallest absolute Gasteiger partial charge is 0.170 e. The summed E-state index contributed by atoms with van der Waals surface area (Å²) >= 11 is 0. The maximum atomic E-state index is 13.5. The van der Waals surface area contributed by atoms with Crippen molar-refractivity contribution in [2.24, 2.45) is 10.9 Å². The molecule has 86 valence electrons. The molecule has 5 heteroatoms. The molecule has 0 heterocycles. The van der Waals surface area contributed by atoms with Crippen LogP contribution in [0.3, 0.4) is 0 Å². The average Bonchev–Trinajstić information content (AvgIpc) is 2.30. The number of hydrogen-bond donors (Lipinski definition) is 3. The number of benzene rings is 1. The fourth-order valence-corrected chi connectivity index (χ4v) is 1.22. The Morgan fingerprint density at radius 1 is 1.62 bits per heavy atom. The van der Waals surface area contributed by atoms with Crippen molar-refractivity contribution in [2.45, 2.75) is 6.54 Å². The van der Waals surface area contributed by atoms with Crippen molar-refractivity contribution in [1.82, 2.24) is 5.32 Å². The van der Waals surface area contributed by atoms with E-state index in [1.54, 1.807) is 18.2 Å². The van der Waals surface area contributed by atoms with Crippen molar-refractivity contribution in [2.75, 3.05) is 6.54 Å². The second-order valence-electron chi connectivity index (χ2n) is 3.21. The van der Waals surface area contributed by atoms with Gasteiger partial charge < -0.3 is 16.3 Å². The van der Waals surface area contributed by atoms with Gasteiger partial charge in [0.15, 0.2) is 5.84 Å². The Labute approximate surface area is 93.3 Å². The lowest BCUT2D eigenvalue weighted by Crippen LogP contribution is -2.16. The topological polar surface area (TPSA) is 70.6 Å². The monoisotopic (exact) mass is 223 g/mol. The van der Waals surface area contributed by atoms with Crippen molar-refractivity contribution in [3.05, 3.63) is 47.8 Å². The summed E-state index contributed by atoms with van der Waals surface area (Å²) < 4.78 is 13.5. The maximum Gasteiger partial charge on any atom is 0.170 e. The minimum Gasteiger partial charge on any atom is -0.409 e. The number of nitrogens with two attached hydrogens (primary N) is 1. The van der Waals surface area contributed by atoms with Gasteiger partial charge in [0.1, 0.15) is 5.82 Å². The highest BCUT2D eigenvalue weighted by molar-refractivity contribution is 5.97. The first kappa shape index (κ1) is 12.2. The Bertz CT molecular complexity index is 404. The van der Waals surface area contributed by atoms with Crippen LogP contribution in [-0.4, -0.2) is 17.6 Å². The molecule has 4 N–H and O–H groups in total. The third-order valence-corrected chi connectivity index (χ3v) is 2.06.